The molecule has 6 heteroatoms. The molecule has 2 fully saturated rings. The summed E-state index contributed by atoms with van der Waals surface area (Å²) in [5.41, 5.74) is 6.15. The van der Waals surface area contributed by atoms with Crippen LogP contribution in [0.5, 0.6) is 0 Å². The highest BCUT2D eigenvalue weighted by atomic mass is 79.9. The fourth-order valence-corrected chi connectivity index (χ4v) is 2.87. The van der Waals surface area contributed by atoms with Crippen molar-refractivity contribution >= 4 is 21.9 Å². The Balaban J connectivity index is 1.67. The normalized spacial score (nSPS) is 35.9. The van der Waals surface area contributed by atoms with Crippen molar-refractivity contribution in [1.29, 1.82) is 0 Å². The quantitative estimate of drug-likeness (QED) is 0.857. The summed E-state index contributed by atoms with van der Waals surface area (Å²) < 4.78 is 6.62. The third kappa shape index (κ3) is 2.05. The molecule has 1 aliphatic heterocycles. The molecule has 5 nitrogen and oxygen atoms in total. The maximum Gasteiger partial charge on any atom is 0.223 e. The molecule has 0 bridgehead atoms. The fraction of sp³-hybridized carbons (Fsp3) is 0.636. The van der Waals surface area contributed by atoms with Crippen LogP contribution in [0.4, 0.5) is 5.95 Å². The summed E-state index contributed by atoms with van der Waals surface area (Å²) in [5.74, 6) is 1.11. The third-order valence-electron chi connectivity index (χ3n) is 3.59. The van der Waals surface area contributed by atoms with E-state index in [4.69, 9.17) is 10.5 Å². The first-order chi connectivity index (χ1) is 8.25. The SMILES string of the molecule is NC1C2CCCOC2C1Nc1ncc(Br)cn1. The van der Waals surface area contributed by atoms with Crippen molar-refractivity contribution in [3.05, 3.63) is 16.9 Å². The van der Waals surface area contributed by atoms with Gasteiger partial charge < -0.3 is 15.8 Å². The molecule has 0 radical (unpaired) electrons. The summed E-state index contributed by atoms with van der Waals surface area (Å²) in [6, 6.07) is 0.286. The Morgan fingerprint density at radius 2 is 2.18 bits per heavy atom. The number of nitrogens with one attached hydrogen (secondary N) is 1. The summed E-state index contributed by atoms with van der Waals surface area (Å²) in [6.45, 7) is 0.841. The van der Waals surface area contributed by atoms with Crippen LogP contribution >= 0.6 is 15.9 Å². The molecule has 0 amide bonds. The van der Waals surface area contributed by atoms with Gasteiger partial charge in [-0.2, -0.15) is 0 Å². The van der Waals surface area contributed by atoms with E-state index in [2.05, 4.69) is 31.2 Å². The second kappa shape index (κ2) is 4.51. The summed E-state index contributed by atoms with van der Waals surface area (Å²) in [7, 11) is 0. The molecule has 2 heterocycles. The molecule has 2 aliphatic rings. The summed E-state index contributed by atoms with van der Waals surface area (Å²) in [5, 5.41) is 3.26. The van der Waals surface area contributed by atoms with Crippen LogP contribution in [0.2, 0.25) is 0 Å². The maximum atomic E-state index is 6.15. The highest BCUT2D eigenvalue weighted by Crippen LogP contribution is 2.38. The molecule has 0 spiro atoms. The Morgan fingerprint density at radius 3 is 2.94 bits per heavy atom. The lowest BCUT2D eigenvalue weighted by Crippen LogP contribution is -2.69. The van der Waals surface area contributed by atoms with Gasteiger partial charge in [0.2, 0.25) is 5.95 Å². The van der Waals surface area contributed by atoms with Crippen molar-refractivity contribution in [3.8, 4) is 0 Å². The number of anilines is 1. The van der Waals surface area contributed by atoms with Gasteiger partial charge in [0.25, 0.3) is 0 Å². The van der Waals surface area contributed by atoms with Gasteiger partial charge >= 0.3 is 0 Å². The second-order valence-electron chi connectivity index (χ2n) is 4.61. The minimum atomic E-state index is 0.140. The standard InChI is InChI=1S/C11H15BrN4O/c12-6-4-14-11(15-5-6)16-9-8(13)7-2-1-3-17-10(7)9/h4-5,7-10H,1-3,13H2,(H,14,15,16). The Morgan fingerprint density at radius 1 is 1.41 bits per heavy atom. The van der Waals surface area contributed by atoms with Crippen LogP contribution in [0.15, 0.2) is 16.9 Å². The molecule has 92 valence electrons. The van der Waals surface area contributed by atoms with Crippen LogP contribution in [0.25, 0.3) is 0 Å². The average molecular weight is 299 g/mol. The zero-order chi connectivity index (χ0) is 11.8. The fourth-order valence-electron chi connectivity index (χ4n) is 2.66. The Labute approximate surface area is 108 Å². The summed E-state index contributed by atoms with van der Waals surface area (Å²) in [4.78, 5) is 8.38. The first-order valence-electron chi connectivity index (χ1n) is 5.87. The number of hydrogen-bond acceptors (Lipinski definition) is 5. The van der Waals surface area contributed by atoms with Crippen LogP contribution in [-0.4, -0.2) is 34.8 Å². The van der Waals surface area contributed by atoms with Crippen molar-refractivity contribution in [2.24, 2.45) is 11.7 Å². The molecule has 1 saturated carbocycles. The minimum absolute atomic E-state index is 0.140. The van der Waals surface area contributed by atoms with E-state index in [0.29, 0.717) is 11.9 Å². The van der Waals surface area contributed by atoms with E-state index in [1.165, 1.54) is 6.42 Å². The maximum absolute atomic E-state index is 6.15. The van der Waals surface area contributed by atoms with E-state index in [1.807, 2.05) is 0 Å². The van der Waals surface area contributed by atoms with Gasteiger partial charge in [0.05, 0.1) is 16.6 Å². The highest BCUT2D eigenvalue weighted by Gasteiger charge is 2.50. The lowest BCUT2D eigenvalue weighted by Gasteiger charge is -2.52. The Kier molecular flexibility index (Phi) is 3.02. The van der Waals surface area contributed by atoms with E-state index in [-0.39, 0.29) is 18.2 Å². The topological polar surface area (TPSA) is 73.1 Å². The van der Waals surface area contributed by atoms with Gasteiger partial charge in [-0.1, -0.05) is 0 Å². The first kappa shape index (κ1) is 11.4. The smallest absolute Gasteiger partial charge is 0.223 e. The van der Waals surface area contributed by atoms with Crippen molar-refractivity contribution < 1.29 is 4.74 Å². The molecule has 1 aliphatic carbocycles. The summed E-state index contributed by atoms with van der Waals surface area (Å²) >= 11 is 3.31. The van der Waals surface area contributed by atoms with Gasteiger partial charge in [-0.05, 0) is 28.8 Å². The molecule has 4 unspecified atom stereocenters. The van der Waals surface area contributed by atoms with Gasteiger partial charge in [-0.25, -0.2) is 9.97 Å². The van der Waals surface area contributed by atoms with Gasteiger partial charge in [-0.15, -0.1) is 0 Å². The average Bonchev–Trinajstić information content (AvgIpc) is 2.37. The van der Waals surface area contributed by atoms with Crippen molar-refractivity contribution in [1.82, 2.24) is 9.97 Å². The monoisotopic (exact) mass is 298 g/mol. The molecular weight excluding hydrogens is 284 g/mol. The first-order valence-corrected chi connectivity index (χ1v) is 6.66. The highest BCUT2D eigenvalue weighted by molar-refractivity contribution is 9.10. The molecule has 17 heavy (non-hydrogen) atoms. The predicted molar refractivity (Wildman–Crippen MR) is 67.6 cm³/mol. The second-order valence-corrected chi connectivity index (χ2v) is 5.53. The van der Waals surface area contributed by atoms with E-state index in [1.54, 1.807) is 12.4 Å². The van der Waals surface area contributed by atoms with Gasteiger partial charge in [0.1, 0.15) is 0 Å². The number of ether oxygens (including phenoxy) is 1. The van der Waals surface area contributed by atoms with Gasteiger partial charge in [0, 0.05) is 31.0 Å². The Hall–Kier alpha value is -0.720. The molecule has 0 aromatic carbocycles. The van der Waals surface area contributed by atoms with Crippen LogP contribution in [0, 0.1) is 5.92 Å². The number of halogens is 1. The number of hydrogen-bond donors (Lipinski definition) is 2. The number of rotatable bonds is 2. The van der Waals surface area contributed by atoms with Crippen LogP contribution in [0.3, 0.4) is 0 Å². The van der Waals surface area contributed by atoms with Crippen molar-refractivity contribution in [2.45, 2.75) is 31.0 Å². The predicted octanol–water partition coefficient (Wildman–Crippen LogP) is 1.16. The van der Waals surface area contributed by atoms with E-state index in [9.17, 15) is 0 Å². The molecular formula is C11H15BrN4O. The van der Waals surface area contributed by atoms with E-state index < -0.39 is 0 Å². The van der Waals surface area contributed by atoms with Crippen LogP contribution in [-0.2, 0) is 4.74 Å². The van der Waals surface area contributed by atoms with Crippen molar-refractivity contribution in [2.75, 3.05) is 11.9 Å². The van der Waals surface area contributed by atoms with Crippen LogP contribution < -0.4 is 11.1 Å². The Bertz CT molecular complexity index is 399. The summed E-state index contributed by atoms with van der Waals surface area (Å²) in [6.07, 6.45) is 5.96. The minimum Gasteiger partial charge on any atom is -0.376 e. The largest absolute Gasteiger partial charge is 0.376 e. The van der Waals surface area contributed by atoms with E-state index in [0.717, 1.165) is 17.5 Å². The molecule has 1 aromatic rings. The van der Waals surface area contributed by atoms with Gasteiger partial charge in [0.15, 0.2) is 0 Å². The number of aromatic nitrogens is 2. The van der Waals surface area contributed by atoms with Crippen molar-refractivity contribution in [3.63, 3.8) is 0 Å². The van der Waals surface area contributed by atoms with Gasteiger partial charge in [-0.3, -0.25) is 0 Å². The number of nitrogens with zero attached hydrogens (tertiary/aromatic N) is 2. The van der Waals surface area contributed by atoms with Crippen LogP contribution in [0.1, 0.15) is 12.8 Å². The van der Waals surface area contributed by atoms with E-state index >= 15 is 0 Å². The number of fused-ring (bicyclic) bond motifs is 1. The third-order valence-corrected chi connectivity index (χ3v) is 4.00. The molecule has 3 N–H and O–H groups in total. The lowest BCUT2D eigenvalue weighted by molar-refractivity contribution is -0.104. The zero-order valence-corrected chi connectivity index (χ0v) is 10.9. The molecule has 4 atom stereocenters. The lowest BCUT2D eigenvalue weighted by atomic mass is 9.69. The molecule has 3 rings (SSSR count). The number of nitrogens with two attached hydrogens (primary N) is 1. The zero-order valence-electron chi connectivity index (χ0n) is 9.34. The molecule has 1 saturated heterocycles. The molecule has 1 aromatic heterocycles.